The van der Waals surface area contributed by atoms with E-state index in [9.17, 15) is 12.8 Å². The highest BCUT2D eigenvalue weighted by Crippen LogP contribution is 2.08. The summed E-state index contributed by atoms with van der Waals surface area (Å²) in [5.41, 5.74) is 0. The number of ether oxygens (including phenoxy) is 2. The molecule has 1 rings (SSSR count). The fourth-order valence-corrected chi connectivity index (χ4v) is 2.33. The number of aromatic nitrogens is 1. The maximum atomic E-state index is 12.9. The standard InChI is InChI=1S/C11H17FN2O4S/c1-3-17-11(18-4-2)8-14-19(15,16)10-5-9(12)6-13-7-10/h5-7,11,14H,3-4,8H2,1-2H3. The second-order valence-corrected chi connectivity index (χ2v) is 5.30. The van der Waals surface area contributed by atoms with E-state index in [0.717, 1.165) is 18.5 Å². The molecule has 8 heteroatoms. The molecule has 0 saturated heterocycles. The van der Waals surface area contributed by atoms with E-state index in [1.54, 1.807) is 13.8 Å². The van der Waals surface area contributed by atoms with Crippen molar-refractivity contribution in [1.29, 1.82) is 0 Å². The Balaban J connectivity index is 2.69. The quantitative estimate of drug-likeness (QED) is 0.720. The Kier molecular flexibility index (Phi) is 6.29. The van der Waals surface area contributed by atoms with E-state index in [1.807, 2.05) is 0 Å². The number of pyridine rings is 1. The van der Waals surface area contributed by atoms with Gasteiger partial charge in [0.25, 0.3) is 0 Å². The lowest BCUT2D eigenvalue weighted by atomic mass is 10.5. The fourth-order valence-electron chi connectivity index (χ4n) is 1.34. The lowest BCUT2D eigenvalue weighted by molar-refractivity contribution is -0.130. The van der Waals surface area contributed by atoms with Crippen molar-refractivity contribution in [1.82, 2.24) is 9.71 Å². The maximum absolute atomic E-state index is 12.9. The molecule has 0 aliphatic rings. The van der Waals surface area contributed by atoms with E-state index in [1.165, 1.54) is 0 Å². The van der Waals surface area contributed by atoms with Gasteiger partial charge in [-0.05, 0) is 19.9 Å². The zero-order valence-electron chi connectivity index (χ0n) is 10.8. The van der Waals surface area contributed by atoms with Gasteiger partial charge in [-0.3, -0.25) is 4.98 Å². The maximum Gasteiger partial charge on any atom is 0.242 e. The summed E-state index contributed by atoms with van der Waals surface area (Å²) in [6.45, 7) is 4.29. The van der Waals surface area contributed by atoms with Crippen molar-refractivity contribution < 1.29 is 22.3 Å². The average Bonchev–Trinajstić information content (AvgIpc) is 2.37. The molecule has 0 aliphatic carbocycles. The van der Waals surface area contributed by atoms with Gasteiger partial charge in [0, 0.05) is 19.4 Å². The van der Waals surface area contributed by atoms with E-state index in [2.05, 4.69) is 9.71 Å². The number of hydrogen-bond donors (Lipinski definition) is 1. The first kappa shape index (κ1) is 16.0. The summed E-state index contributed by atoms with van der Waals surface area (Å²) in [6.07, 6.45) is 1.33. The first-order chi connectivity index (χ1) is 8.99. The van der Waals surface area contributed by atoms with Gasteiger partial charge in [0.05, 0.1) is 12.7 Å². The second kappa shape index (κ2) is 7.49. The third kappa shape index (κ3) is 5.19. The summed E-state index contributed by atoms with van der Waals surface area (Å²) in [5, 5.41) is 0. The molecule has 0 aliphatic heterocycles. The van der Waals surface area contributed by atoms with Crippen LogP contribution in [-0.2, 0) is 19.5 Å². The van der Waals surface area contributed by atoms with E-state index in [-0.39, 0.29) is 11.4 Å². The van der Waals surface area contributed by atoms with Gasteiger partial charge in [0.2, 0.25) is 10.0 Å². The van der Waals surface area contributed by atoms with Gasteiger partial charge >= 0.3 is 0 Å². The van der Waals surface area contributed by atoms with Gasteiger partial charge in [-0.25, -0.2) is 17.5 Å². The zero-order chi connectivity index (χ0) is 14.3. The van der Waals surface area contributed by atoms with Crippen LogP contribution in [0, 0.1) is 5.82 Å². The van der Waals surface area contributed by atoms with E-state index >= 15 is 0 Å². The van der Waals surface area contributed by atoms with E-state index < -0.39 is 22.1 Å². The predicted molar refractivity (Wildman–Crippen MR) is 66.4 cm³/mol. The fraction of sp³-hybridized carbons (Fsp3) is 0.545. The molecular formula is C11H17FN2O4S. The van der Waals surface area contributed by atoms with Crippen LogP contribution >= 0.6 is 0 Å². The molecule has 1 N–H and O–H groups in total. The third-order valence-corrected chi connectivity index (χ3v) is 3.53. The summed E-state index contributed by atoms with van der Waals surface area (Å²) >= 11 is 0. The summed E-state index contributed by atoms with van der Waals surface area (Å²) in [4.78, 5) is 3.26. The van der Waals surface area contributed by atoms with Crippen LogP contribution in [-0.4, -0.2) is 39.5 Å². The molecule has 0 spiro atoms. The van der Waals surface area contributed by atoms with Crippen LogP contribution in [0.15, 0.2) is 23.4 Å². The molecule has 1 aromatic heterocycles. The van der Waals surface area contributed by atoms with Gasteiger partial charge < -0.3 is 9.47 Å². The van der Waals surface area contributed by atoms with Crippen molar-refractivity contribution in [2.45, 2.75) is 25.0 Å². The van der Waals surface area contributed by atoms with Crippen LogP contribution < -0.4 is 4.72 Å². The smallest absolute Gasteiger partial charge is 0.242 e. The molecule has 0 aromatic carbocycles. The van der Waals surface area contributed by atoms with Crippen molar-refractivity contribution in [3.8, 4) is 0 Å². The largest absolute Gasteiger partial charge is 0.352 e. The molecule has 0 atom stereocenters. The molecule has 19 heavy (non-hydrogen) atoms. The van der Waals surface area contributed by atoms with Gasteiger partial charge in [0.15, 0.2) is 6.29 Å². The monoisotopic (exact) mass is 292 g/mol. The Bertz CT molecular complexity index is 489. The minimum Gasteiger partial charge on any atom is -0.352 e. The molecule has 0 radical (unpaired) electrons. The second-order valence-electron chi connectivity index (χ2n) is 3.53. The van der Waals surface area contributed by atoms with Crippen molar-refractivity contribution in [2.75, 3.05) is 19.8 Å². The van der Waals surface area contributed by atoms with Crippen molar-refractivity contribution in [3.63, 3.8) is 0 Å². The highest BCUT2D eigenvalue weighted by atomic mass is 32.2. The topological polar surface area (TPSA) is 77.5 Å². The van der Waals surface area contributed by atoms with Crippen LogP contribution in [0.1, 0.15) is 13.8 Å². The first-order valence-electron chi connectivity index (χ1n) is 5.83. The van der Waals surface area contributed by atoms with Crippen LogP contribution in [0.5, 0.6) is 0 Å². The van der Waals surface area contributed by atoms with Crippen LogP contribution in [0.25, 0.3) is 0 Å². The molecule has 0 unspecified atom stereocenters. The summed E-state index contributed by atoms with van der Waals surface area (Å²) in [6, 6.07) is 0.895. The number of nitrogens with zero attached hydrogens (tertiary/aromatic N) is 1. The van der Waals surface area contributed by atoms with Crippen LogP contribution in [0.4, 0.5) is 4.39 Å². The predicted octanol–water partition coefficient (Wildman–Crippen LogP) is 0.898. The van der Waals surface area contributed by atoms with Gasteiger partial charge in [-0.1, -0.05) is 0 Å². The van der Waals surface area contributed by atoms with Crippen molar-refractivity contribution in [3.05, 3.63) is 24.3 Å². The average molecular weight is 292 g/mol. The minimum atomic E-state index is -3.83. The molecule has 1 heterocycles. The Morgan fingerprint density at radius 2 is 1.95 bits per heavy atom. The molecule has 0 bridgehead atoms. The Labute approximate surface area is 112 Å². The lowest BCUT2D eigenvalue weighted by Crippen LogP contribution is -2.35. The molecule has 1 aromatic rings. The van der Waals surface area contributed by atoms with Gasteiger partial charge in [0.1, 0.15) is 10.7 Å². The van der Waals surface area contributed by atoms with Crippen molar-refractivity contribution >= 4 is 10.0 Å². The molecule has 108 valence electrons. The molecule has 6 nitrogen and oxygen atoms in total. The normalized spacial score (nSPS) is 12.0. The Morgan fingerprint density at radius 1 is 1.32 bits per heavy atom. The molecule has 0 saturated carbocycles. The minimum absolute atomic E-state index is 0.0550. The molecular weight excluding hydrogens is 275 g/mol. The molecule has 0 amide bonds. The summed E-state index contributed by atoms with van der Waals surface area (Å²) < 4.78 is 49.4. The number of rotatable bonds is 8. The number of hydrogen-bond acceptors (Lipinski definition) is 5. The summed E-state index contributed by atoms with van der Waals surface area (Å²) in [5.74, 6) is -0.714. The third-order valence-electron chi connectivity index (χ3n) is 2.14. The number of sulfonamides is 1. The van der Waals surface area contributed by atoms with Gasteiger partial charge in [-0.15, -0.1) is 0 Å². The number of halogens is 1. The van der Waals surface area contributed by atoms with E-state index in [0.29, 0.717) is 13.2 Å². The van der Waals surface area contributed by atoms with Crippen LogP contribution in [0.2, 0.25) is 0 Å². The van der Waals surface area contributed by atoms with Crippen molar-refractivity contribution in [2.24, 2.45) is 0 Å². The SMILES string of the molecule is CCOC(CNS(=O)(=O)c1cncc(F)c1)OCC. The highest BCUT2D eigenvalue weighted by Gasteiger charge is 2.18. The number of nitrogens with one attached hydrogen (secondary N) is 1. The Hall–Kier alpha value is -1.09. The molecule has 0 fully saturated rings. The zero-order valence-corrected chi connectivity index (χ0v) is 11.6. The van der Waals surface area contributed by atoms with E-state index in [4.69, 9.17) is 9.47 Å². The van der Waals surface area contributed by atoms with Crippen LogP contribution in [0.3, 0.4) is 0 Å². The van der Waals surface area contributed by atoms with Gasteiger partial charge in [-0.2, -0.15) is 0 Å². The lowest BCUT2D eigenvalue weighted by Gasteiger charge is -2.17. The first-order valence-corrected chi connectivity index (χ1v) is 7.31. The summed E-state index contributed by atoms with van der Waals surface area (Å²) in [7, 11) is -3.83. The Morgan fingerprint density at radius 3 is 2.47 bits per heavy atom. The highest BCUT2D eigenvalue weighted by molar-refractivity contribution is 7.89.